The van der Waals surface area contributed by atoms with Crippen LogP contribution in [-0.2, 0) is 26.1 Å². The van der Waals surface area contributed by atoms with Crippen LogP contribution in [0.3, 0.4) is 0 Å². The third kappa shape index (κ3) is 6.94. The molecule has 0 radical (unpaired) electrons. The molecule has 0 N–H and O–H groups in total. The van der Waals surface area contributed by atoms with Gasteiger partial charge >= 0.3 is 0 Å². The highest BCUT2D eigenvalue weighted by molar-refractivity contribution is 6.30. The molecule has 2 heterocycles. The first kappa shape index (κ1) is 24.0. The topological polar surface area (TPSA) is 47.4 Å². The summed E-state index contributed by atoms with van der Waals surface area (Å²) < 4.78 is 7.39. The fourth-order valence-corrected chi connectivity index (χ4v) is 3.63. The second-order valence-electron chi connectivity index (χ2n) is 8.90. The van der Waals surface area contributed by atoms with Gasteiger partial charge in [-0.05, 0) is 63.1 Å². The Morgan fingerprint density at radius 1 is 1.06 bits per heavy atom. The van der Waals surface area contributed by atoms with Crippen molar-refractivity contribution in [1.82, 2.24) is 14.5 Å². The third-order valence-electron chi connectivity index (χ3n) is 5.51. The van der Waals surface area contributed by atoms with Gasteiger partial charge in [0.25, 0.3) is 5.56 Å². The Hall–Kier alpha value is -2.63. The zero-order valence-electron chi connectivity index (χ0n) is 19.3. The number of rotatable bonds is 9. The van der Waals surface area contributed by atoms with E-state index in [1.165, 1.54) is 17.2 Å². The van der Waals surface area contributed by atoms with E-state index in [0.29, 0.717) is 17.3 Å². The second kappa shape index (κ2) is 10.8. The minimum atomic E-state index is -0.0769. The van der Waals surface area contributed by atoms with Crippen LogP contribution in [0.5, 0.6) is 5.75 Å². The van der Waals surface area contributed by atoms with Gasteiger partial charge in [0.05, 0.1) is 10.7 Å². The molecule has 3 rings (SSSR count). The quantitative estimate of drug-likeness (QED) is 0.438. The number of nitrogens with zero attached hydrogens (tertiary/aromatic N) is 3. The first-order valence-corrected chi connectivity index (χ1v) is 11.4. The van der Waals surface area contributed by atoms with Gasteiger partial charge in [-0.3, -0.25) is 14.7 Å². The van der Waals surface area contributed by atoms with Crippen molar-refractivity contribution in [3.63, 3.8) is 0 Å². The molecule has 0 atom stereocenters. The van der Waals surface area contributed by atoms with Crippen molar-refractivity contribution in [3.05, 3.63) is 93.1 Å². The Labute approximate surface area is 195 Å². The van der Waals surface area contributed by atoms with Gasteiger partial charge in [-0.25, -0.2) is 0 Å². The Morgan fingerprint density at radius 3 is 2.38 bits per heavy atom. The van der Waals surface area contributed by atoms with Crippen LogP contribution in [0.15, 0.2) is 65.7 Å². The Morgan fingerprint density at radius 2 is 1.78 bits per heavy atom. The van der Waals surface area contributed by atoms with E-state index in [1.54, 1.807) is 29.1 Å². The zero-order valence-corrected chi connectivity index (χ0v) is 20.1. The van der Waals surface area contributed by atoms with E-state index in [1.807, 2.05) is 6.07 Å². The van der Waals surface area contributed by atoms with Crippen LogP contribution >= 0.6 is 11.6 Å². The number of benzene rings is 1. The Balaban J connectivity index is 1.54. The number of hydrogen-bond donors (Lipinski definition) is 0. The molecule has 170 valence electrons. The highest BCUT2D eigenvalue weighted by atomic mass is 35.5. The number of halogens is 1. The molecule has 0 aliphatic rings. The van der Waals surface area contributed by atoms with E-state index in [9.17, 15) is 4.79 Å². The molecule has 0 saturated heterocycles. The number of aromatic nitrogens is 2. The maximum absolute atomic E-state index is 12.5. The molecule has 0 saturated carbocycles. The van der Waals surface area contributed by atoms with Gasteiger partial charge in [-0.15, -0.1) is 0 Å². The molecular weight excluding hydrogens is 422 g/mol. The van der Waals surface area contributed by atoms with Gasteiger partial charge < -0.3 is 9.30 Å². The van der Waals surface area contributed by atoms with Gasteiger partial charge in [0.15, 0.2) is 0 Å². The van der Waals surface area contributed by atoms with Crippen LogP contribution in [-0.4, -0.2) is 26.5 Å². The van der Waals surface area contributed by atoms with Crippen molar-refractivity contribution in [2.45, 2.75) is 59.4 Å². The van der Waals surface area contributed by atoms with Crippen LogP contribution in [0, 0.1) is 0 Å². The van der Waals surface area contributed by atoms with Crippen LogP contribution < -0.4 is 10.3 Å². The monoisotopic (exact) mass is 453 g/mol. The molecule has 0 aliphatic carbocycles. The van der Waals surface area contributed by atoms with Crippen LogP contribution in [0.25, 0.3) is 0 Å². The maximum atomic E-state index is 12.5. The molecule has 0 aliphatic heterocycles. The third-order valence-corrected chi connectivity index (χ3v) is 5.73. The van der Waals surface area contributed by atoms with Crippen molar-refractivity contribution in [2.75, 3.05) is 6.54 Å². The van der Waals surface area contributed by atoms with Crippen LogP contribution in [0.1, 0.15) is 44.5 Å². The molecule has 0 bridgehead atoms. The normalized spacial score (nSPS) is 11.7. The molecule has 32 heavy (non-hydrogen) atoms. The maximum Gasteiger partial charge on any atom is 0.254 e. The second-order valence-corrected chi connectivity index (χ2v) is 9.34. The molecule has 6 heteroatoms. The predicted octanol–water partition coefficient (Wildman–Crippen LogP) is 5.34. The number of ether oxygens (including phenoxy) is 1. The average Bonchev–Trinajstić information content (AvgIpc) is 2.76. The lowest BCUT2D eigenvalue weighted by Gasteiger charge is -2.34. The summed E-state index contributed by atoms with van der Waals surface area (Å²) in [6.45, 7) is 11.8. The number of hydrogen-bond acceptors (Lipinski definition) is 4. The van der Waals surface area contributed by atoms with Crippen molar-refractivity contribution in [1.29, 1.82) is 0 Å². The van der Waals surface area contributed by atoms with E-state index < -0.39 is 0 Å². The average molecular weight is 454 g/mol. The lowest BCUT2D eigenvalue weighted by Crippen LogP contribution is -2.40. The SMILES string of the molecule is CCN(Cc1ccc(CCn2ccc(OCc3ccc(Cl)cn3)cc2=O)cc1)C(C)(C)C. The van der Waals surface area contributed by atoms with Crippen molar-refractivity contribution < 1.29 is 4.74 Å². The Bertz CT molecular complexity index is 1050. The first-order chi connectivity index (χ1) is 15.2. The fourth-order valence-electron chi connectivity index (χ4n) is 3.52. The summed E-state index contributed by atoms with van der Waals surface area (Å²) in [5.41, 5.74) is 3.35. The standard InChI is InChI=1S/C26H32ClN3O2/c1-5-30(26(2,3)4)18-21-8-6-20(7-9-21)12-14-29-15-13-24(16-25(29)31)32-19-23-11-10-22(27)17-28-23/h6-11,13,15-17H,5,12,14,18-19H2,1-4H3. The van der Waals surface area contributed by atoms with E-state index in [4.69, 9.17) is 16.3 Å². The van der Waals surface area contributed by atoms with Crippen molar-refractivity contribution >= 4 is 11.6 Å². The van der Waals surface area contributed by atoms with Gasteiger partial charge in [-0.2, -0.15) is 0 Å². The minimum Gasteiger partial charge on any atom is -0.487 e. The molecule has 2 aromatic heterocycles. The molecule has 1 aromatic carbocycles. The summed E-state index contributed by atoms with van der Waals surface area (Å²) in [4.78, 5) is 19.1. The molecule has 0 spiro atoms. The van der Waals surface area contributed by atoms with Crippen LogP contribution in [0.2, 0.25) is 5.02 Å². The summed E-state index contributed by atoms with van der Waals surface area (Å²) >= 11 is 5.84. The lowest BCUT2D eigenvalue weighted by atomic mass is 10.0. The van der Waals surface area contributed by atoms with E-state index in [0.717, 1.165) is 25.2 Å². The summed E-state index contributed by atoms with van der Waals surface area (Å²) in [5, 5.41) is 0.582. The molecule has 0 unspecified atom stereocenters. The van der Waals surface area contributed by atoms with E-state index in [-0.39, 0.29) is 17.7 Å². The lowest BCUT2D eigenvalue weighted by molar-refractivity contribution is 0.136. The molecular formula is C26H32ClN3O2. The predicted molar refractivity (Wildman–Crippen MR) is 130 cm³/mol. The van der Waals surface area contributed by atoms with Gasteiger partial charge in [0.1, 0.15) is 12.4 Å². The van der Waals surface area contributed by atoms with Gasteiger partial charge in [0, 0.05) is 37.1 Å². The summed E-state index contributed by atoms with van der Waals surface area (Å²) in [6.07, 6.45) is 4.16. The molecule has 0 fully saturated rings. The van der Waals surface area contributed by atoms with Crippen molar-refractivity contribution in [3.8, 4) is 5.75 Å². The highest BCUT2D eigenvalue weighted by Crippen LogP contribution is 2.17. The van der Waals surface area contributed by atoms with Gasteiger partial charge in [0.2, 0.25) is 0 Å². The molecule has 0 amide bonds. The zero-order chi connectivity index (χ0) is 23.1. The number of aryl methyl sites for hydroxylation is 2. The largest absolute Gasteiger partial charge is 0.487 e. The summed E-state index contributed by atoms with van der Waals surface area (Å²) in [6, 6.07) is 15.6. The van der Waals surface area contributed by atoms with E-state index >= 15 is 0 Å². The summed E-state index contributed by atoms with van der Waals surface area (Å²) in [5.74, 6) is 0.534. The summed E-state index contributed by atoms with van der Waals surface area (Å²) in [7, 11) is 0. The van der Waals surface area contributed by atoms with Crippen molar-refractivity contribution in [2.24, 2.45) is 0 Å². The highest BCUT2D eigenvalue weighted by Gasteiger charge is 2.19. The first-order valence-electron chi connectivity index (χ1n) is 11.0. The number of pyridine rings is 2. The molecule has 3 aromatic rings. The smallest absolute Gasteiger partial charge is 0.254 e. The van der Waals surface area contributed by atoms with Gasteiger partial charge in [-0.1, -0.05) is 42.8 Å². The van der Waals surface area contributed by atoms with Crippen LogP contribution in [0.4, 0.5) is 0 Å². The van der Waals surface area contributed by atoms with E-state index in [2.05, 4.69) is 61.8 Å². The Kier molecular flexibility index (Phi) is 8.10. The minimum absolute atomic E-state index is 0.0769. The fraction of sp³-hybridized carbons (Fsp3) is 0.385. The molecule has 5 nitrogen and oxygen atoms in total.